The van der Waals surface area contributed by atoms with Crippen LogP contribution in [0.25, 0.3) is 10.8 Å². The third-order valence-electron chi connectivity index (χ3n) is 3.83. The first kappa shape index (κ1) is 17.9. The topological polar surface area (TPSA) is 73.2 Å². The first-order chi connectivity index (χ1) is 12.6. The molecule has 0 atom stereocenters. The molecule has 0 saturated heterocycles. The predicted octanol–water partition coefficient (Wildman–Crippen LogP) is 2.88. The van der Waals surface area contributed by atoms with E-state index in [9.17, 15) is 9.59 Å². The van der Waals surface area contributed by atoms with Crippen LogP contribution in [0.15, 0.2) is 53.3 Å². The maximum Gasteiger partial charge on any atom is 0.274 e. The summed E-state index contributed by atoms with van der Waals surface area (Å²) >= 11 is 5.90. The molecule has 7 heteroatoms. The first-order valence-corrected chi connectivity index (χ1v) is 8.64. The van der Waals surface area contributed by atoms with Crippen LogP contribution in [0.4, 0.5) is 0 Å². The zero-order valence-electron chi connectivity index (χ0n) is 14.2. The smallest absolute Gasteiger partial charge is 0.274 e. The van der Waals surface area contributed by atoms with Gasteiger partial charge in [-0.3, -0.25) is 9.59 Å². The fraction of sp³-hybridized carbons (Fsp3) is 0.211. The fourth-order valence-corrected chi connectivity index (χ4v) is 2.77. The molecule has 0 aliphatic rings. The van der Waals surface area contributed by atoms with Gasteiger partial charge in [0.2, 0.25) is 0 Å². The van der Waals surface area contributed by atoms with Crippen molar-refractivity contribution >= 4 is 28.3 Å². The highest BCUT2D eigenvalue weighted by Gasteiger charge is 2.15. The van der Waals surface area contributed by atoms with Gasteiger partial charge in [-0.15, -0.1) is 0 Å². The SMILES string of the molecule is CCn1nc(C(=O)NCCOc2cccc(Cl)c2)c2ccccc2c1=O. The number of nitrogens with one attached hydrogen (secondary N) is 1. The summed E-state index contributed by atoms with van der Waals surface area (Å²) < 4.78 is 6.84. The lowest BCUT2D eigenvalue weighted by Gasteiger charge is -2.11. The molecule has 0 spiro atoms. The highest BCUT2D eigenvalue weighted by atomic mass is 35.5. The van der Waals surface area contributed by atoms with Gasteiger partial charge < -0.3 is 10.1 Å². The molecule has 1 amide bonds. The van der Waals surface area contributed by atoms with Crippen LogP contribution in [0, 0.1) is 0 Å². The van der Waals surface area contributed by atoms with Gasteiger partial charge in [0.25, 0.3) is 11.5 Å². The number of ether oxygens (including phenoxy) is 1. The van der Waals surface area contributed by atoms with E-state index in [0.29, 0.717) is 34.6 Å². The average Bonchev–Trinajstić information content (AvgIpc) is 2.66. The lowest BCUT2D eigenvalue weighted by molar-refractivity contribution is 0.0941. The Balaban J connectivity index is 1.72. The Morgan fingerprint density at radius 1 is 1.19 bits per heavy atom. The summed E-state index contributed by atoms with van der Waals surface area (Å²) in [7, 11) is 0. The molecule has 26 heavy (non-hydrogen) atoms. The number of aryl methyl sites for hydroxylation is 1. The van der Waals surface area contributed by atoms with E-state index in [-0.39, 0.29) is 23.8 Å². The van der Waals surface area contributed by atoms with Crippen molar-refractivity contribution in [3.05, 3.63) is 69.6 Å². The molecule has 0 aliphatic heterocycles. The number of aromatic nitrogens is 2. The van der Waals surface area contributed by atoms with Crippen molar-refractivity contribution in [2.75, 3.05) is 13.2 Å². The minimum Gasteiger partial charge on any atom is -0.492 e. The van der Waals surface area contributed by atoms with Crippen LogP contribution in [0.5, 0.6) is 5.75 Å². The number of carbonyl (C=O) groups is 1. The summed E-state index contributed by atoms with van der Waals surface area (Å²) in [5, 5.41) is 8.57. The van der Waals surface area contributed by atoms with Crippen LogP contribution in [-0.2, 0) is 6.54 Å². The molecule has 1 N–H and O–H groups in total. The lowest BCUT2D eigenvalue weighted by Crippen LogP contribution is -2.32. The largest absolute Gasteiger partial charge is 0.492 e. The van der Waals surface area contributed by atoms with Crippen molar-refractivity contribution in [2.45, 2.75) is 13.5 Å². The van der Waals surface area contributed by atoms with E-state index >= 15 is 0 Å². The minimum absolute atomic E-state index is 0.205. The van der Waals surface area contributed by atoms with Gasteiger partial charge in [-0.2, -0.15) is 5.10 Å². The van der Waals surface area contributed by atoms with Crippen molar-refractivity contribution in [1.29, 1.82) is 0 Å². The van der Waals surface area contributed by atoms with Crippen molar-refractivity contribution in [3.8, 4) is 5.75 Å². The molecule has 3 rings (SSSR count). The van der Waals surface area contributed by atoms with E-state index in [2.05, 4.69) is 10.4 Å². The summed E-state index contributed by atoms with van der Waals surface area (Å²) in [6, 6.07) is 14.0. The quantitative estimate of drug-likeness (QED) is 0.676. The second-order valence-corrected chi connectivity index (χ2v) is 6.01. The monoisotopic (exact) mass is 371 g/mol. The number of amides is 1. The molecule has 1 aromatic heterocycles. The van der Waals surface area contributed by atoms with Crippen molar-refractivity contribution < 1.29 is 9.53 Å². The molecule has 2 aromatic carbocycles. The number of nitrogens with zero attached hydrogens (tertiary/aromatic N) is 2. The van der Waals surface area contributed by atoms with Crippen LogP contribution in [0.1, 0.15) is 17.4 Å². The molecule has 0 saturated carbocycles. The zero-order chi connectivity index (χ0) is 18.5. The maximum absolute atomic E-state index is 12.5. The summed E-state index contributed by atoms with van der Waals surface area (Å²) in [4.78, 5) is 24.9. The lowest BCUT2D eigenvalue weighted by atomic mass is 10.1. The Kier molecular flexibility index (Phi) is 5.53. The number of fused-ring (bicyclic) bond motifs is 1. The number of halogens is 1. The average molecular weight is 372 g/mol. The Hall–Kier alpha value is -2.86. The van der Waals surface area contributed by atoms with E-state index in [4.69, 9.17) is 16.3 Å². The summed E-state index contributed by atoms with van der Waals surface area (Å²) in [6.07, 6.45) is 0. The molecule has 0 radical (unpaired) electrons. The molecule has 6 nitrogen and oxygen atoms in total. The van der Waals surface area contributed by atoms with Gasteiger partial charge in [0.05, 0.1) is 11.9 Å². The third kappa shape index (κ3) is 3.86. The molecule has 0 unspecified atom stereocenters. The Morgan fingerprint density at radius 2 is 1.96 bits per heavy atom. The summed E-state index contributed by atoms with van der Waals surface area (Å²) in [6.45, 7) is 2.79. The molecule has 134 valence electrons. The van der Waals surface area contributed by atoms with Gasteiger partial charge in [0, 0.05) is 17.0 Å². The van der Waals surface area contributed by atoms with E-state index in [1.165, 1.54) is 4.68 Å². The first-order valence-electron chi connectivity index (χ1n) is 8.26. The molecule has 1 heterocycles. The van der Waals surface area contributed by atoms with Crippen molar-refractivity contribution in [2.24, 2.45) is 0 Å². The van der Waals surface area contributed by atoms with Crippen molar-refractivity contribution in [1.82, 2.24) is 15.1 Å². The number of carbonyl (C=O) groups excluding carboxylic acids is 1. The normalized spacial score (nSPS) is 10.7. The summed E-state index contributed by atoms with van der Waals surface area (Å²) in [5.41, 5.74) is 0.0220. The Labute approximate surface area is 155 Å². The van der Waals surface area contributed by atoms with E-state index in [1.54, 1.807) is 48.5 Å². The fourth-order valence-electron chi connectivity index (χ4n) is 2.59. The van der Waals surface area contributed by atoms with Crippen LogP contribution >= 0.6 is 11.6 Å². The molecule has 0 aliphatic carbocycles. The van der Waals surface area contributed by atoms with E-state index < -0.39 is 0 Å². The predicted molar refractivity (Wildman–Crippen MR) is 101 cm³/mol. The highest BCUT2D eigenvalue weighted by Crippen LogP contribution is 2.17. The number of hydrogen-bond donors (Lipinski definition) is 1. The van der Waals surface area contributed by atoms with Gasteiger partial charge in [-0.25, -0.2) is 4.68 Å². The van der Waals surface area contributed by atoms with Gasteiger partial charge >= 0.3 is 0 Å². The van der Waals surface area contributed by atoms with Crippen LogP contribution in [0.2, 0.25) is 5.02 Å². The summed E-state index contributed by atoms with van der Waals surface area (Å²) in [5.74, 6) is 0.285. The van der Waals surface area contributed by atoms with Crippen molar-refractivity contribution in [3.63, 3.8) is 0 Å². The van der Waals surface area contributed by atoms with Gasteiger partial charge in [0.1, 0.15) is 12.4 Å². The van der Waals surface area contributed by atoms with Gasteiger partial charge in [-0.1, -0.05) is 35.9 Å². The van der Waals surface area contributed by atoms with E-state index in [1.807, 2.05) is 6.92 Å². The van der Waals surface area contributed by atoms with Crippen LogP contribution in [-0.4, -0.2) is 28.8 Å². The highest BCUT2D eigenvalue weighted by molar-refractivity contribution is 6.30. The second kappa shape index (κ2) is 8.01. The minimum atomic E-state index is -0.349. The molecule has 3 aromatic rings. The van der Waals surface area contributed by atoms with Crippen LogP contribution < -0.4 is 15.6 Å². The Bertz CT molecular complexity index is 1000. The Morgan fingerprint density at radius 3 is 2.69 bits per heavy atom. The number of rotatable bonds is 6. The zero-order valence-corrected chi connectivity index (χ0v) is 15.0. The molecular weight excluding hydrogens is 354 g/mol. The van der Waals surface area contributed by atoms with E-state index in [0.717, 1.165) is 0 Å². The molecule has 0 fully saturated rings. The van der Waals surface area contributed by atoms with Gasteiger partial charge in [-0.05, 0) is 31.2 Å². The van der Waals surface area contributed by atoms with Gasteiger partial charge in [0.15, 0.2) is 5.69 Å². The molecule has 0 bridgehead atoms. The van der Waals surface area contributed by atoms with Crippen LogP contribution in [0.3, 0.4) is 0 Å². The standard InChI is InChI=1S/C19H18ClN3O3/c1-2-23-19(25)16-9-4-3-8-15(16)17(22-23)18(24)21-10-11-26-14-7-5-6-13(20)12-14/h3-9,12H,2,10-11H2,1H3,(H,21,24). The molecular formula is C19H18ClN3O3. The number of hydrogen-bond acceptors (Lipinski definition) is 4. The third-order valence-corrected chi connectivity index (χ3v) is 4.07. The number of benzene rings is 2. The second-order valence-electron chi connectivity index (χ2n) is 5.58. The maximum atomic E-state index is 12.5.